The van der Waals surface area contributed by atoms with Crippen molar-refractivity contribution in [3.8, 4) is 5.75 Å². The smallest absolute Gasteiger partial charge is 0.242 e. The highest BCUT2D eigenvalue weighted by molar-refractivity contribution is 5.89. The summed E-state index contributed by atoms with van der Waals surface area (Å²) in [5.74, 6) is 0.309. The summed E-state index contributed by atoms with van der Waals surface area (Å²) in [5.41, 5.74) is 7.51. The van der Waals surface area contributed by atoms with E-state index in [4.69, 9.17) is 4.74 Å². The lowest BCUT2D eigenvalue weighted by Crippen LogP contribution is -2.47. The molecule has 4 bridgehead atoms. The number of nitrogens with one attached hydrogen (secondary N) is 2. The average molecular weight is 552 g/mol. The maximum atomic E-state index is 13.1. The van der Waals surface area contributed by atoms with Gasteiger partial charge in [0.2, 0.25) is 23.6 Å². The minimum atomic E-state index is -0.703. The molecule has 4 amide bonds. The predicted octanol–water partition coefficient (Wildman–Crippen LogP) is 2.42. The van der Waals surface area contributed by atoms with Gasteiger partial charge < -0.3 is 26.0 Å². The predicted molar refractivity (Wildman–Crippen MR) is 151 cm³/mol. The molecular weight excluding hydrogens is 510 g/mol. The third-order valence-electron chi connectivity index (χ3n) is 7.10. The number of nitrogens with zero attached hydrogens (tertiary/aromatic N) is 2. The Morgan fingerprint density at radius 2 is 1.98 bits per heavy atom. The van der Waals surface area contributed by atoms with E-state index in [-0.39, 0.29) is 36.5 Å². The number of hydrogen-bond acceptors (Lipinski definition) is 6. The van der Waals surface area contributed by atoms with E-state index >= 15 is 0 Å². The summed E-state index contributed by atoms with van der Waals surface area (Å²) in [7, 11) is 0. The van der Waals surface area contributed by atoms with Crippen LogP contribution in [0.4, 0.5) is 0 Å². The van der Waals surface area contributed by atoms with E-state index in [0.29, 0.717) is 38.5 Å². The molecule has 216 valence electrons. The highest BCUT2D eigenvalue weighted by atomic mass is 16.5. The topological polar surface area (TPSA) is 144 Å². The van der Waals surface area contributed by atoms with Crippen molar-refractivity contribution in [2.75, 3.05) is 19.7 Å². The molecule has 0 aliphatic carbocycles. The number of carbonyl (C=O) groups excluding carboxylic acids is 4. The van der Waals surface area contributed by atoms with Gasteiger partial charge in [0.05, 0.1) is 6.61 Å². The SMILES string of the molecule is CC(N)=O.Cc1ccc2cc1CNC(=O)C(CCc1cccnc1)NC(=O)CCC(=O)N1CCCC(CCO2)C1. The van der Waals surface area contributed by atoms with Gasteiger partial charge in [0.25, 0.3) is 0 Å². The average Bonchev–Trinajstić information content (AvgIpc) is 2.94. The first kappa shape index (κ1) is 30.6. The number of fused-ring (bicyclic) bond motifs is 4. The molecular formula is C30H41N5O5. The van der Waals surface area contributed by atoms with Crippen LogP contribution in [0.15, 0.2) is 42.7 Å². The van der Waals surface area contributed by atoms with Crippen molar-refractivity contribution in [1.29, 1.82) is 0 Å². The van der Waals surface area contributed by atoms with E-state index in [1.165, 1.54) is 6.92 Å². The molecule has 4 rings (SSSR count). The summed E-state index contributed by atoms with van der Waals surface area (Å²) in [6.45, 7) is 5.68. The van der Waals surface area contributed by atoms with E-state index in [0.717, 1.165) is 48.2 Å². The molecule has 2 aliphatic heterocycles. The quantitative estimate of drug-likeness (QED) is 0.535. The lowest BCUT2D eigenvalue weighted by atomic mass is 9.95. The van der Waals surface area contributed by atoms with Gasteiger partial charge >= 0.3 is 0 Å². The second-order valence-electron chi connectivity index (χ2n) is 10.4. The van der Waals surface area contributed by atoms with Crippen LogP contribution in [-0.4, -0.2) is 59.3 Å². The van der Waals surface area contributed by atoms with Crippen LogP contribution in [0, 0.1) is 12.8 Å². The zero-order chi connectivity index (χ0) is 28.9. The number of benzene rings is 1. The Morgan fingerprint density at radius 1 is 1.18 bits per heavy atom. The Hall–Kier alpha value is -3.95. The van der Waals surface area contributed by atoms with Gasteiger partial charge in [0.1, 0.15) is 11.8 Å². The molecule has 2 aliphatic rings. The zero-order valence-electron chi connectivity index (χ0n) is 23.5. The normalized spacial score (nSPS) is 20.4. The van der Waals surface area contributed by atoms with Crippen LogP contribution in [0.5, 0.6) is 5.75 Å². The van der Waals surface area contributed by atoms with E-state index in [1.54, 1.807) is 12.4 Å². The Morgan fingerprint density at radius 3 is 2.73 bits per heavy atom. The molecule has 1 fully saturated rings. The molecule has 1 saturated heterocycles. The Labute approximate surface area is 236 Å². The number of aromatic nitrogens is 1. The van der Waals surface area contributed by atoms with Crippen molar-refractivity contribution in [3.05, 3.63) is 59.4 Å². The molecule has 0 radical (unpaired) electrons. The van der Waals surface area contributed by atoms with Gasteiger partial charge in [0, 0.05) is 51.8 Å². The number of amides is 4. The van der Waals surface area contributed by atoms with E-state index < -0.39 is 6.04 Å². The molecule has 4 N–H and O–H groups in total. The first-order valence-electron chi connectivity index (χ1n) is 13.9. The number of rotatable bonds is 3. The molecule has 2 atom stereocenters. The number of carbonyl (C=O) groups is 4. The standard InChI is InChI=1S/C28H36N4O4.C2H5NO/c1-20-6-8-24-16-23(20)18-30-28(35)25(9-7-21-4-2-13-29-17-21)31-26(33)10-11-27(34)32-14-3-5-22(19-32)12-15-36-24;1-2(3)4/h2,4,6,8,13,16-17,22,25H,3,5,7,9-12,14-15,18-19H2,1H3,(H,30,35)(H,31,33);1H3,(H2,3,4). The Bertz CT molecular complexity index is 1150. The van der Waals surface area contributed by atoms with Gasteiger partial charge in [-0.15, -0.1) is 0 Å². The highest BCUT2D eigenvalue weighted by Gasteiger charge is 2.25. The molecule has 10 heteroatoms. The Kier molecular flexibility index (Phi) is 11.9. The molecule has 40 heavy (non-hydrogen) atoms. The van der Waals surface area contributed by atoms with Crippen molar-refractivity contribution >= 4 is 23.6 Å². The minimum Gasteiger partial charge on any atom is -0.494 e. The lowest BCUT2D eigenvalue weighted by Gasteiger charge is -2.33. The maximum absolute atomic E-state index is 13.1. The first-order valence-corrected chi connectivity index (χ1v) is 13.9. The third-order valence-corrected chi connectivity index (χ3v) is 7.10. The van der Waals surface area contributed by atoms with Crippen LogP contribution in [0.2, 0.25) is 0 Å². The number of ether oxygens (including phenoxy) is 1. The fourth-order valence-corrected chi connectivity index (χ4v) is 4.88. The second-order valence-corrected chi connectivity index (χ2v) is 10.4. The molecule has 3 heterocycles. The molecule has 0 spiro atoms. The number of nitrogens with two attached hydrogens (primary N) is 1. The van der Waals surface area contributed by atoms with Crippen LogP contribution in [0.25, 0.3) is 0 Å². The van der Waals surface area contributed by atoms with Crippen molar-refractivity contribution in [3.63, 3.8) is 0 Å². The molecule has 10 nitrogen and oxygen atoms in total. The summed E-state index contributed by atoms with van der Waals surface area (Å²) in [5, 5.41) is 5.86. The zero-order valence-corrected chi connectivity index (χ0v) is 23.5. The van der Waals surface area contributed by atoms with Gasteiger partial charge in [0.15, 0.2) is 0 Å². The highest BCUT2D eigenvalue weighted by Crippen LogP contribution is 2.23. The molecule has 2 unspecified atom stereocenters. The minimum absolute atomic E-state index is 0.00331. The Balaban J connectivity index is 0.00000103. The van der Waals surface area contributed by atoms with Crippen molar-refractivity contribution in [2.45, 2.75) is 71.4 Å². The summed E-state index contributed by atoms with van der Waals surface area (Å²) in [6, 6.07) is 9.02. The first-order chi connectivity index (χ1) is 19.2. The van der Waals surface area contributed by atoms with Crippen LogP contribution >= 0.6 is 0 Å². The fraction of sp³-hybridized carbons (Fsp3) is 0.500. The van der Waals surface area contributed by atoms with E-state index in [9.17, 15) is 19.2 Å². The monoisotopic (exact) mass is 551 g/mol. The van der Waals surface area contributed by atoms with Gasteiger partial charge in [-0.2, -0.15) is 0 Å². The number of pyridine rings is 1. The number of aryl methyl sites for hydroxylation is 2. The lowest BCUT2D eigenvalue weighted by molar-refractivity contribution is -0.135. The van der Waals surface area contributed by atoms with Gasteiger partial charge in [-0.1, -0.05) is 12.1 Å². The third kappa shape index (κ3) is 10.3. The number of piperidine rings is 1. The van der Waals surface area contributed by atoms with Gasteiger partial charge in [-0.25, -0.2) is 0 Å². The van der Waals surface area contributed by atoms with Gasteiger partial charge in [-0.05, 0) is 79.8 Å². The molecule has 2 aromatic rings. The summed E-state index contributed by atoms with van der Waals surface area (Å²) in [4.78, 5) is 53.9. The molecule has 1 aromatic carbocycles. The molecule has 1 aromatic heterocycles. The van der Waals surface area contributed by atoms with E-state index in [2.05, 4.69) is 21.4 Å². The number of hydrogen-bond donors (Lipinski definition) is 3. The van der Waals surface area contributed by atoms with Crippen molar-refractivity contribution < 1.29 is 23.9 Å². The number of primary amides is 1. The second kappa shape index (κ2) is 15.6. The summed E-state index contributed by atoms with van der Waals surface area (Å²) >= 11 is 0. The van der Waals surface area contributed by atoms with Gasteiger partial charge in [-0.3, -0.25) is 24.2 Å². The van der Waals surface area contributed by atoms with Crippen LogP contribution in [0.3, 0.4) is 0 Å². The fourth-order valence-electron chi connectivity index (χ4n) is 4.88. The maximum Gasteiger partial charge on any atom is 0.242 e. The summed E-state index contributed by atoms with van der Waals surface area (Å²) in [6.07, 6.45) is 7.65. The van der Waals surface area contributed by atoms with Crippen LogP contribution in [0.1, 0.15) is 62.1 Å². The van der Waals surface area contributed by atoms with Crippen LogP contribution in [-0.2, 0) is 32.1 Å². The molecule has 0 saturated carbocycles. The largest absolute Gasteiger partial charge is 0.494 e. The summed E-state index contributed by atoms with van der Waals surface area (Å²) < 4.78 is 6.04. The van der Waals surface area contributed by atoms with E-state index in [1.807, 2.05) is 42.2 Å². The van der Waals surface area contributed by atoms with Crippen molar-refractivity contribution in [2.24, 2.45) is 11.7 Å². The van der Waals surface area contributed by atoms with Crippen molar-refractivity contribution in [1.82, 2.24) is 20.5 Å². The van der Waals surface area contributed by atoms with Crippen LogP contribution < -0.4 is 21.1 Å².